The number of amides is 1. The fourth-order valence-electron chi connectivity index (χ4n) is 2.91. The lowest BCUT2D eigenvalue weighted by Crippen LogP contribution is -2.30. The third kappa shape index (κ3) is 4.39. The van der Waals surface area contributed by atoms with Gasteiger partial charge in [-0.1, -0.05) is 72.4 Å². The minimum absolute atomic E-state index is 0.0422. The lowest BCUT2D eigenvalue weighted by molar-refractivity contribution is -0.120. The van der Waals surface area contributed by atoms with Gasteiger partial charge in [0.15, 0.2) is 5.16 Å². The summed E-state index contributed by atoms with van der Waals surface area (Å²) in [5.41, 5.74) is 2.16. The van der Waals surface area contributed by atoms with E-state index in [1.165, 1.54) is 17.3 Å². The van der Waals surface area contributed by atoms with Crippen molar-refractivity contribution in [3.8, 4) is 0 Å². The standard InChI is InChI=1S/C21H22N4OS/c1-15-23-24-21(25(15)14-16-8-4-2-5-9-16)27-19(17-10-6-3-7-11-17)20(26)22-18-12-13-18/h2-11,18-19H,12-14H2,1H3,(H,22,26)/t19-/m0/s1. The van der Waals surface area contributed by atoms with Crippen LogP contribution in [0.4, 0.5) is 0 Å². The van der Waals surface area contributed by atoms with Gasteiger partial charge in [0, 0.05) is 6.04 Å². The molecule has 0 saturated heterocycles. The maximum Gasteiger partial charge on any atom is 0.238 e. The lowest BCUT2D eigenvalue weighted by atomic mass is 10.1. The number of benzene rings is 2. The maximum atomic E-state index is 12.9. The fourth-order valence-corrected chi connectivity index (χ4v) is 4.00. The maximum absolute atomic E-state index is 12.9. The molecule has 1 fully saturated rings. The van der Waals surface area contributed by atoms with Crippen LogP contribution in [-0.2, 0) is 11.3 Å². The number of nitrogens with zero attached hydrogens (tertiary/aromatic N) is 3. The second-order valence-electron chi connectivity index (χ2n) is 6.79. The zero-order valence-corrected chi connectivity index (χ0v) is 16.0. The summed E-state index contributed by atoms with van der Waals surface area (Å²) < 4.78 is 2.07. The molecule has 138 valence electrons. The predicted octanol–water partition coefficient (Wildman–Crippen LogP) is 3.75. The number of aryl methyl sites for hydroxylation is 1. The van der Waals surface area contributed by atoms with Crippen LogP contribution in [0, 0.1) is 6.92 Å². The van der Waals surface area contributed by atoms with Gasteiger partial charge in [-0.3, -0.25) is 4.79 Å². The van der Waals surface area contributed by atoms with Gasteiger partial charge in [0.25, 0.3) is 0 Å². The van der Waals surface area contributed by atoms with E-state index in [4.69, 9.17) is 0 Å². The van der Waals surface area contributed by atoms with Crippen LogP contribution in [-0.4, -0.2) is 26.7 Å². The monoisotopic (exact) mass is 378 g/mol. The van der Waals surface area contributed by atoms with Gasteiger partial charge >= 0.3 is 0 Å². The highest BCUT2D eigenvalue weighted by Gasteiger charge is 2.30. The van der Waals surface area contributed by atoms with Crippen molar-refractivity contribution in [2.75, 3.05) is 0 Å². The smallest absolute Gasteiger partial charge is 0.238 e. The molecule has 0 unspecified atom stereocenters. The highest BCUT2D eigenvalue weighted by Crippen LogP contribution is 2.36. The number of rotatable bonds is 7. The average molecular weight is 379 g/mol. The number of aromatic nitrogens is 3. The Morgan fingerprint density at radius 1 is 1.11 bits per heavy atom. The van der Waals surface area contributed by atoms with Crippen molar-refractivity contribution in [1.29, 1.82) is 0 Å². The Morgan fingerprint density at radius 2 is 1.78 bits per heavy atom. The van der Waals surface area contributed by atoms with Crippen molar-refractivity contribution in [2.24, 2.45) is 0 Å². The van der Waals surface area contributed by atoms with Crippen LogP contribution in [0.3, 0.4) is 0 Å². The second-order valence-corrected chi connectivity index (χ2v) is 7.87. The van der Waals surface area contributed by atoms with E-state index in [2.05, 4.69) is 32.2 Å². The van der Waals surface area contributed by atoms with Crippen molar-refractivity contribution in [2.45, 2.75) is 42.8 Å². The molecule has 1 aliphatic carbocycles. The summed E-state index contributed by atoms with van der Waals surface area (Å²) in [6, 6.07) is 20.4. The van der Waals surface area contributed by atoms with E-state index in [-0.39, 0.29) is 11.2 Å². The van der Waals surface area contributed by atoms with Crippen LogP contribution in [0.15, 0.2) is 65.8 Å². The summed E-state index contributed by atoms with van der Waals surface area (Å²) in [6.45, 7) is 2.63. The molecule has 1 aliphatic rings. The molecule has 1 saturated carbocycles. The highest BCUT2D eigenvalue weighted by molar-refractivity contribution is 8.00. The first kappa shape index (κ1) is 17.8. The molecule has 5 nitrogen and oxygen atoms in total. The number of hydrogen-bond donors (Lipinski definition) is 1. The van der Waals surface area contributed by atoms with Gasteiger partial charge in [-0.2, -0.15) is 0 Å². The van der Waals surface area contributed by atoms with Crippen LogP contribution >= 0.6 is 11.8 Å². The molecule has 6 heteroatoms. The van der Waals surface area contributed by atoms with Crippen LogP contribution in [0.25, 0.3) is 0 Å². The molecule has 3 aromatic rings. The van der Waals surface area contributed by atoms with Crippen LogP contribution < -0.4 is 5.32 Å². The number of nitrogens with one attached hydrogen (secondary N) is 1. The molecule has 27 heavy (non-hydrogen) atoms. The Hall–Kier alpha value is -2.60. The molecule has 1 atom stereocenters. The van der Waals surface area contributed by atoms with Crippen molar-refractivity contribution >= 4 is 17.7 Å². The van der Waals surface area contributed by atoms with E-state index in [0.29, 0.717) is 12.6 Å². The van der Waals surface area contributed by atoms with Gasteiger partial charge in [0.05, 0.1) is 6.54 Å². The Balaban J connectivity index is 1.60. The molecule has 4 rings (SSSR count). The summed E-state index contributed by atoms with van der Waals surface area (Å²) in [4.78, 5) is 12.9. The molecule has 1 aromatic heterocycles. The topological polar surface area (TPSA) is 59.8 Å². The summed E-state index contributed by atoms with van der Waals surface area (Å²) in [7, 11) is 0. The van der Waals surface area contributed by atoms with Gasteiger partial charge in [0.2, 0.25) is 5.91 Å². The summed E-state index contributed by atoms with van der Waals surface area (Å²) >= 11 is 1.46. The van der Waals surface area contributed by atoms with E-state index >= 15 is 0 Å². The molecule has 0 aliphatic heterocycles. The van der Waals surface area contributed by atoms with Crippen molar-refractivity contribution < 1.29 is 4.79 Å². The van der Waals surface area contributed by atoms with E-state index in [9.17, 15) is 4.79 Å². The van der Waals surface area contributed by atoms with Gasteiger partial charge < -0.3 is 9.88 Å². The summed E-state index contributed by atoms with van der Waals surface area (Å²) in [6.07, 6.45) is 2.14. The predicted molar refractivity (Wildman–Crippen MR) is 107 cm³/mol. The van der Waals surface area contributed by atoms with Crippen LogP contribution in [0.2, 0.25) is 0 Å². The third-order valence-electron chi connectivity index (χ3n) is 4.57. The van der Waals surface area contributed by atoms with Crippen LogP contribution in [0.5, 0.6) is 0 Å². The van der Waals surface area contributed by atoms with Gasteiger partial charge in [-0.05, 0) is 30.9 Å². The highest BCUT2D eigenvalue weighted by atomic mass is 32.2. The van der Waals surface area contributed by atoms with Crippen molar-refractivity contribution in [3.63, 3.8) is 0 Å². The first-order valence-electron chi connectivity index (χ1n) is 9.16. The van der Waals surface area contributed by atoms with E-state index in [0.717, 1.165) is 29.4 Å². The zero-order chi connectivity index (χ0) is 18.6. The molecule has 1 amide bonds. The Bertz CT molecular complexity index is 906. The fraction of sp³-hybridized carbons (Fsp3) is 0.286. The molecule has 0 bridgehead atoms. The molecule has 1 N–H and O–H groups in total. The van der Waals surface area contributed by atoms with E-state index in [1.807, 2.05) is 55.5 Å². The van der Waals surface area contributed by atoms with Crippen molar-refractivity contribution in [1.82, 2.24) is 20.1 Å². The number of carbonyl (C=O) groups excluding carboxylic acids is 1. The Labute approximate surface area is 163 Å². The molecule has 0 spiro atoms. The van der Waals surface area contributed by atoms with E-state index in [1.54, 1.807) is 0 Å². The normalized spacial score (nSPS) is 14.7. The van der Waals surface area contributed by atoms with Gasteiger partial charge in [-0.25, -0.2) is 0 Å². The molecular weight excluding hydrogens is 356 g/mol. The average Bonchev–Trinajstić information content (AvgIpc) is 3.45. The van der Waals surface area contributed by atoms with Crippen molar-refractivity contribution in [3.05, 3.63) is 77.6 Å². The molecule has 2 aromatic carbocycles. The number of carbonyl (C=O) groups is 1. The largest absolute Gasteiger partial charge is 0.352 e. The Kier molecular flexibility index (Phi) is 5.25. The zero-order valence-electron chi connectivity index (χ0n) is 15.2. The third-order valence-corrected chi connectivity index (χ3v) is 5.81. The summed E-state index contributed by atoms with van der Waals surface area (Å²) in [5.74, 6) is 0.886. The first-order chi connectivity index (χ1) is 13.2. The second kappa shape index (κ2) is 7.96. The quantitative estimate of drug-likeness (QED) is 0.636. The van der Waals surface area contributed by atoms with Crippen LogP contribution in [0.1, 0.15) is 35.0 Å². The number of thioether (sulfide) groups is 1. The minimum Gasteiger partial charge on any atom is -0.352 e. The minimum atomic E-state index is -0.343. The Morgan fingerprint density at radius 3 is 2.44 bits per heavy atom. The lowest BCUT2D eigenvalue weighted by Gasteiger charge is -2.17. The molecule has 1 heterocycles. The molecule has 0 radical (unpaired) electrons. The van der Waals surface area contributed by atoms with Gasteiger partial charge in [-0.15, -0.1) is 10.2 Å². The van der Waals surface area contributed by atoms with Gasteiger partial charge in [0.1, 0.15) is 11.1 Å². The first-order valence-corrected chi connectivity index (χ1v) is 10.0. The summed E-state index contributed by atoms with van der Waals surface area (Å²) in [5, 5.41) is 12.2. The number of hydrogen-bond acceptors (Lipinski definition) is 4. The SMILES string of the molecule is Cc1nnc(S[C@H](C(=O)NC2CC2)c2ccccc2)n1Cc1ccccc1. The molecular formula is C21H22N4OS. The van der Waals surface area contributed by atoms with E-state index < -0.39 is 0 Å².